The molecule has 6 heteroatoms. The Morgan fingerprint density at radius 2 is 1.41 bits per heavy atom. The second kappa shape index (κ2) is 7.55. The molecule has 0 aliphatic rings. The molecule has 0 saturated carbocycles. The Labute approximate surface area is 188 Å². The van der Waals surface area contributed by atoms with Crippen LogP contribution in [-0.4, -0.2) is 19.9 Å². The summed E-state index contributed by atoms with van der Waals surface area (Å²) in [5.41, 5.74) is 5.42. The summed E-state index contributed by atoms with van der Waals surface area (Å²) in [6.07, 6.45) is 3.60. The van der Waals surface area contributed by atoms with Crippen LogP contribution in [0.2, 0.25) is 5.28 Å². The van der Waals surface area contributed by atoms with Crippen molar-refractivity contribution in [1.29, 1.82) is 0 Å². The Bertz CT molecular complexity index is 1580. The maximum atomic E-state index is 6.33. The highest BCUT2D eigenvalue weighted by Crippen LogP contribution is 2.36. The third-order valence-corrected chi connectivity index (χ3v) is 5.56. The predicted octanol–water partition coefficient (Wildman–Crippen LogP) is 6.82. The van der Waals surface area contributed by atoms with Gasteiger partial charge in [0.05, 0.1) is 0 Å². The molecule has 0 fully saturated rings. The molecule has 3 aromatic carbocycles. The van der Waals surface area contributed by atoms with Crippen LogP contribution in [-0.2, 0) is 0 Å². The van der Waals surface area contributed by atoms with Crippen molar-refractivity contribution < 1.29 is 4.42 Å². The summed E-state index contributed by atoms with van der Waals surface area (Å²) in [7, 11) is 0. The number of nitrogens with zero attached hydrogens (tertiary/aromatic N) is 4. The van der Waals surface area contributed by atoms with Crippen molar-refractivity contribution in [3.63, 3.8) is 0 Å². The first-order valence-corrected chi connectivity index (χ1v) is 10.5. The molecule has 0 aliphatic heterocycles. The van der Waals surface area contributed by atoms with Gasteiger partial charge in [0.2, 0.25) is 5.28 Å². The largest absolute Gasteiger partial charge is 0.456 e. The van der Waals surface area contributed by atoms with Crippen molar-refractivity contribution >= 4 is 33.5 Å². The minimum Gasteiger partial charge on any atom is -0.456 e. The van der Waals surface area contributed by atoms with E-state index in [1.54, 1.807) is 6.20 Å². The second-order valence-electron chi connectivity index (χ2n) is 7.35. The van der Waals surface area contributed by atoms with Gasteiger partial charge in [0.25, 0.3) is 0 Å². The summed E-state index contributed by atoms with van der Waals surface area (Å²) in [6.45, 7) is 0. The van der Waals surface area contributed by atoms with Crippen LogP contribution in [0.3, 0.4) is 0 Å². The quantitative estimate of drug-likeness (QED) is 0.305. The molecular formula is C26H15ClN4O. The monoisotopic (exact) mass is 434 g/mol. The number of benzene rings is 3. The SMILES string of the molecule is Clc1nc(-c2ccc(-c3cccnc3)cc2)nc(-c2cccc3oc4ccccc4c23)n1. The second-order valence-corrected chi connectivity index (χ2v) is 7.69. The lowest BCUT2D eigenvalue weighted by atomic mass is 10.0. The number of hydrogen-bond acceptors (Lipinski definition) is 5. The summed E-state index contributed by atoms with van der Waals surface area (Å²) in [5, 5.41) is 2.12. The van der Waals surface area contributed by atoms with E-state index in [2.05, 4.69) is 15.0 Å². The van der Waals surface area contributed by atoms with Gasteiger partial charge in [-0.3, -0.25) is 4.98 Å². The van der Waals surface area contributed by atoms with Crippen LogP contribution in [0, 0.1) is 0 Å². The van der Waals surface area contributed by atoms with Gasteiger partial charge in [-0.15, -0.1) is 0 Å². The average molecular weight is 435 g/mol. The molecule has 0 unspecified atom stereocenters. The normalized spacial score (nSPS) is 11.3. The standard InChI is InChI=1S/C26H15ClN4O/c27-26-30-24(17-12-10-16(11-13-17)18-5-4-14-28-15-18)29-25(31-26)20-7-3-9-22-23(20)19-6-1-2-8-21(19)32-22/h1-15H. The molecule has 0 atom stereocenters. The van der Waals surface area contributed by atoms with E-state index in [9.17, 15) is 0 Å². The number of fused-ring (bicyclic) bond motifs is 3. The fraction of sp³-hybridized carbons (Fsp3) is 0. The van der Waals surface area contributed by atoms with Crippen molar-refractivity contribution in [3.05, 3.63) is 96.5 Å². The van der Waals surface area contributed by atoms with Crippen LogP contribution in [0.5, 0.6) is 0 Å². The molecule has 0 aliphatic carbocycles. The number of aromatic nitrogens is 4. The lowest BCUT2D eigenvalue weighted by molar-refractivity contribution is 0.669. The molecule has 3 aromatic heterocycles. The van der Waals surface area contributed by atoms with E-state index in [1.807, 2.05) is 85.1 Å². The van der Waals surface area contributed by atoms with Gasteiger partial charge in [-0.25, -0.2) is 4.98 Å². The highest BCUT2D eigenvalue weighted by atomic mass is 35.5. The van der Waals surface area contributed by atoms with Crippen molar-refractivity contribution in [1.82, 2.24) is 19.9 Å². The number of pyridine rings is 1. The van der Waals surface area contributed by atoms with Gasteiger partial charge >= 0.3 is 0 Å². The molecule has 6 rings (SSSR count). The number of furan rings is 1. The van der Waals surface area contributed by atoms with E-state index in [4.69, 9.17) is 21.0 Å². The Hall–Kier alpha value is -4.09. The van der Waals surface area contributed by atoms with E-state index in [1.165, 1.54) is 0 Å². The summed E-state index contributed by atoms with van der Waals surface area (Å²) in [5.74, 6) is 1.02. The van der Waals surface area contributed by atoms with Gasteiger partial charge in [0.1, 0.15) is 11.2 Å². The molecule has 0 bridgehead atoms. The predicted molar refractivity (Wildman–Crippen MR) is 126 cm³/mol. The third kappa shape index (κ3) is 3.20. The van der Waals surface area contributed by atoms with E-state index >= 15 is 0 Å². The van der Waals surface area contributed by atoms with Crippen LogP contribution >= 0.6 is 11.6 Å². The molecule has 0 radical (unpaired) electrons. The Balaban J connectivity index is 1.48. The first-order valence-electron chi connectivity index (χ1n) is 10.1. The van der Waals surface area contributed by atoms with Crippen LogP contribution in [0.15, 0.2) is 95.7 Å². The molecular weight excluding hydrogens is 420 g/mol. The van der Waals surface area contributed by atoms with Crippen molar-refractivity contribution in [3.8, 4) is 33.9 Å². The van der Waals surface area contributed by atoms with Crippen LogP contribution < -0.4 is 0 Å². The van der Waals surface area contributed by atoms with E-state index in [0.717, 1.165) is 44.2 Å². The van der Waals surface area contributed by atoms with Crippen LogP contribution in [0.25, 0.3) is 55.8 Å². The molecule has 0 amide bonds. The summed E-state index contributed by atoms with van der Waals surface area (Å²) in [6, 6.07) is 25.7. The average Bonchev–Trinajstić information content (AvgIpc) is 3.23. The highest BCUT2D eigenvalue weighted by Gasteiger charge is 2.16. The van der Waals surface area contributed by atoms with E-state index in [-0.39, 0.29) is 5.28 Å². The zero-order chi connectivity index (χ0) is 21.5. The Morgan fingerprint density at radius 3 is 2.25 bits per heavy atom. The molecule has 32 heavy (non-hydrogen) atoms. The van der Waals surface area contributed by atoms with Crippen LogP contribution in [0.1, 0.15) is 0 Å². The first-order chi connectivity index (χ1) is 15.8. The number of hydrogen-bond donors (Lipinski definition) is 0. The highest BCUT2D eigenvalue weighted by molar-refractivity contribution is 6.28. The smallest absolute Gasteiger partial charge is 0.226 e. The van der Waals surface area contributed by atoms with Crippen molar-refractivity contribution in [2.75, 3.05) is 0 Å². The van der Waals surface area contributed by atoms with E-state index in [0.29, 0.717) is 11.6 Å². The van der Waals surface area contributed by atoms with Gasteiger partial charge in [0.15, 0.2) is 11.6 Å². The zero-order valence-corrected chi connectivity index (χ0v) is 17.5. The number of rotatable bonds is 3. The molecule has 0 spiro atoms. The summed E-state index contributed by atoms with van der Waals surface area (Å²) < 4.78 is 6.01. The first kappa shape index (κ1) is 18.7. The topological polar surface area (TPSA) is 64.7 Å². The van der Waals surface area contributed by atoms with Crippen molar-refractivity contribution in [2.24, 2.45) is 0 Å². The van der Waals surface area contributed by atoms with Gasteiger partial charge < -0.3 is 4.42 Å². The lowest BCUT2D eigenvalue weighted by Crippen LogP contribution is -1.97. The third-order valence-electron chi connectivity index (χ3n) is 5.39. The fourth-order valence-corrected chi connectivity index (χ4v) is 4.07. The Kier molecular flexibility index (Phi) is 4.40. The Morgan fingerprint density at radius 1 is 0.625 bits per heavy atom. The van der Waals surface area contributed by atoms with Gasteiger partial charge in [-0.05, 0) is 40.9 Å². The zero-order valence-electron chi connectivity index (χ0n) is 16.7. The van der Waals surface area contributed by atoms with Crippen LogP contribution in [0.4, 0.5) is 0 Å². The maximum absolute atomic E-state index is 6.33. The summed E-state index contributed by atoms with van der Waals surface area (Å²) >= 11 is 6.33. The summed E-state index contributed by atoms with van der Waals surface area (Å²) in [4.78, 5) is 17.7. The molecule has 3 heterocycles. The molecule has 5 nitrogen and oxygen atoms in total. The maximum Gasteiger partial charge on any atom is 0.226 e. The van der Waals surface area contributed by atoms with Gasteiger partial charge in [-0.1, -0.05) is 60.7 Å². The minimum absolute atomic E-state index is 0.145. The van der Waals surface area contributed by atoms with Crippen molar-refractivity contribution in [2.45, 2.75) is 0 Å². The lowest BCUT2D eigenvalue weighted by Gasteiger charge is -2.07. The number of para-hydroxylation sites is 1. The molecule has 0 saturated heterocycles. The molecule has 152 valence electrons. The number of halogens is 1. The molecule has 6 aromatic rings. The molecule has 0 N–H and O–H groups in total. The fourth-order valence-electron chi connectivity index (χ4n) is 3.91. The van der Waals surface area contributed by atoms with E-state index < -0.39 is 0 Å². The van der Waals surface area contributed by atoms with Gasteiger partial charge in [0, 0.05) is 34.3 Å². The minimum atomic E-state index is 0.145. The van der Waals surface area contributed by atoms with Gasteiger partial charge in [-0.2, -0.15) is 9.97 Å².